The largest absolute Gasteiger partial charge is 0.316 e. The Kier molecular flexibility index (Phi) is 3.70. The van der Waals surface area contributed by atoms with Gasteiger partial charge in [0.15, 0.2) is 0 Å². The SMILES string of the molecule is CC(C)CC1(Cc2ccc(Br)cc2)CNC1. The van der Waals surface area contributed by atoms with Gasteiger partial charge in [-0.2, -0.15) is 0 Å². The second-order valence-electron chi connectivity index (χ2n) is 5.50. The van der Waals surface area contributed by atoms with Crippen LogP contribution in [-0.2, 0) is 6.42 Å². The molecule has 1 heterocycles. The first-order valence-corrected chi connectivity index (χ1v) is 6.84. The molecule has 0 radical (unpaired) electrons. The Balaban J connectivity index is 2.04. The molecule has 1 N–H and O–H groups in total. The normalized spacial score (nSPS) is 18.5. The van der Waals surface area contributed by atoms with E-state index in [-0.39, 0.29) is 0 Å². The number of rotatable bonds is 4. The second-order valence-corrected chi connectivity index (χ2v) is 6.42. The predicted octanol–water partition coefficient (Wildman–Crippen LogP) is 3.63. The standard InChI is InChI=1S/C14H20BrN/c1-11(2)7-14(9-16-10-14)8-12-3-5-13(15)6-4-12/h3-6,11,16H,7-10H2,1-2H3. The van der Waals surface area contributed by atoms with E-state index in [4.69, 9.17) is 0 Å². The van der Waals surface area contributed by atoms with E-state index in [2.05, 4.69) is 59.4 Å². The summed E-state index contributed by atoms with van der Waals surface area (Å²) in [5.74, 6) is 0.789. The Morgan fingerprint density at radius 2 is 1.88 bits per heavy atom. The van der Waals surface area contributed by atoms with Gasteiger partial charge in [0.05, 0.1) is 0 Å². The van der Waals surface area contributed by atoms with Crippen molar-refractivity contribution in [3.63, 3.8) is 0 Å². The van der Waals surface area contributed by atoms with Gasteiger partial charge in [0.2, 0.25) is 0 Å². The maximum absolute atomic E-state index is 3.48. The van der Waals surface area contributed by atoms with Crippen LogP contribution >= 0.6 is 15.9 Å². The molecule has 1 saturated heterocycles. The molecular formula is C14H20BrN. The van der Waals surface area contributed by atoms with Gasteiger partial charge < -0.3 is 5.32 Å². The molecule has 0 spiro atoms. The summed E-state index contributed by atoms with van der Waals surface area (Å²) < 4.78 is 1.17. The lowest BCUT2D eigenvalue weighted by Gasteiger charge is -2.44. The van der Waals surface area contributed by atoms with E-state index in [0.29, 0.717) is 5.41 Å². The molecule has 1 aromatic rings. The predicted molar refractivity (Wildman–Crippen MR) is 72.6 cm³/mol. The first-order chi connectivity index (χ1) is 7.60. The number of halogens is 1. The van der Waals surface area contributed by atoms with Crippen molar-refractivity contribution in [2.75, 3.05) is 13.1 Å². The summed E-state index contributed by atoms with van der Waals surface area (Å²) in [5, 5.41) is 3.43. The molecule has 0 unspecified atom stereocenters. The highest BCUT2D eigenvalue weighted by Gasteiger charge is 2.37. The number of hydrogen-bond acceptors (Lipinski definition) is 1. The fourth-order valence-corrected chi connectivity index (χ4v) is 2.99. The maximum Gasteiger partial charge on any atom is 0.0175 e. The monoisotopic (exact) mass is 281 g/mol. The molecule has 16 heavy (non-hydrogen) atoms. The number of nitrogens with one attached hydrogen (secondary N) is 1. The van der Waals surface area contributed by atoms with Gasteiger partial charge in [0.25, 0.3) is 0 Å². The van der Waals surface area contributed by atoms with Crippen LogP contribution in [0.2, 0.25) is 0 Å². The van der Waals surface area contributed by atoms with E-state index in [1.807, 2.05) is 0 Å². The van der Waals surface area contributed by atoms with Crippen LogP contribution in [0.25, 0.3) is 0 Å². The van der Waals surface area contributed by atoms with Gasteiger partial charge >= 0.3 is 0 Å². The van der Waals surface area contributed by atoms with Gasteiger partial charge in [0.1, 0.15) is 0 Å². The van der Waals surface area contributed by atoms with Crippen molar-refractivity contribution in [2.45, 2.75) is 26.7 Å². The highest BCUT2D eigenvalue weighted by Crippen LogP contribution is 2.34. The van der Waals surface area contributed by atoms with Gasteiger partial charge in [-0.05, 0) is 41.9 Å². The molecule has 0 aliphatic carbocycles. The molecule has 88 valence electrons. The van der Waals surface area contributed by atoms with E-state index >= 15 is 0 Å². The molecule has 0 aromatic heterocycles. The van der Waals surface area contributed by atoms with E-state index in [1.165, 1.54) is 36.0 Å². The average molecular weight is 282 g/mol. The minimum absolute atomic E-state index is 0.516. The van der Waals surface area contributed by atoms with Crippen LogP contribution in [0.5, 0.6) is 0 Å². The lowest BCUT2D eigenvalue weighted by molar-refractivity contribution is 0.131. The van der Waals surface area contributed by atoms with Gasteiger partial charge in [-0.3, -0.25) is 0 Å². The van der Waals surface area contributed by atoms with Crippen LogP contribution in [0.1, 0.15) is 25.8 Å². The van der Waals surface area contributed by atoms with Gasteiger partial charge in [0, 0.05) is 17.6 Å². The van der Waals surface area contributed by atoms with Crippen LogP contribution < -0.4 is 5.32 Å². The zero-order valence-electron chi connectivity index (χ0n) is 10.1. The van der Waals surface area contributed by atoms with Crippen molar-refractivity contribution in [3.05, 3.63) is 34.3 Å². The zero-order valence-corrected chi connectivity index (χ0v) is 11.7. The molecule has 1 aromatic carbocycles. The number of benzene rings is 1. The fourth-order valence-electron chi connectivity index (χ4n) is 2.72. The highest BCUT2D eigenvalue weighted by molar-refractivity contribution is 9.10. The van der Waals surface area contributed by atoms with Crippen LogP contribution in [0, 0.1) is 11.3 Å². The third kappa shape index (κ3) is 2.86. The molecular weight excluding hydrogens is 262 g/mol. The summed E-state index contributed by atoms with van der Waals surface area (Å²) in [7, 11) is 0. The van der Waals surface area contributed by atoms with Crippen LogP contribution in [-0.4, -0.2) is 13.1 Å². The Bertz CT molecular complexity index is 338. The maximum atomic E-state index is 3.48. The Morgan fingerprint density at radius 1 is 1.25 bits per heavy atom. The highest BCUT2D eigenvalue weighted by atomic mass is 79.9. The Labute approximate surface area is 107 Å². The smallest absolute Gasteiger partial charge is 0.0175 e. The molecule has 0 amide bonds. The van der Waals surface area contributed by atoms with Crippen molar-refractivity contribution in [1.29, 1.82) is 0 Å². The van der Waals surface area contributed by atoms with Crippen LogP contribution in [0.4, 0.5) is 0 Å². The Morgan fingerprint density at radius 3 is 2.31 bits per heavy atom. The van der Waals surface area contributed by atoms with E-state index in [0.717, 1.165) is 5.92 Å². The Hall–Kier alpha value is -0.340. The van der Waals surface area contributed by atoms with E-state index in [1.54, 1.807) is 0 Å². The minimum Gasteiger partial charge on any atom is -0.316 e. The molecule has 1 fully saturated rings. The van der Waals surface area contributed by atoms with Crippen molar-refractivity contribution in [2.24, 2.45) is 11.3 Å². The first-order valence-electron chi connectivity index (χ1n) is 6.05. The summed E-state index contributed by atoms with van der Waals surface area (Å²) in [5.41, 5.74) is 1.98. The lowest BCUT2D eigenvalue weighted by Crippen LogP contribution is -2.55. The van der Waals surface area contributed by atoms with Crippen molar-refractivity contribution >= 4 is 15.9 Å². The quantitative estimate of drug-likeness (QED) is 0.889. The third-order valence-electron chi connectivity index (χ3n) is 3.33. The molecule has 1 aliphatic heterocycles. The molecule has 0 atom stereocenters. The van der Waals surface area contributed by atoms with Crippen molar-refractivity contribution in [3.8, 4) is 0 Å². The van der Waals surface area contributed by atoms with Crippen LogP contribution in [0.15, 0.2) is 28.7 Å². The summed E-state index contributed by atoms with van der Waals surface area (Å²) >= 11 is 3.48. The number of hydrogen-bond donors (Lipinski definition) is 1. The topological polar surface area (TPSA) is 12.0 Å². The second kappa shape index (κ2) is 4.89. The van der Waals surface area contributed by atoms with Crippen molar-refractivity contribution in [1.82, 2.24) is 5.32 Å². The van der Waals surface area contributed by atoms with Gasteiger partial charge in [-0.15, -0.1) is 0 Å². The summed E-state index contributed by atoms with van der Waals surface area (Å²) in [6.07, 6.45) is 2.54. The van der Waals surface area contributed by atoms with E-state index < -0.39 is 0 Å². The molecule has 1 nitrogen and oxygen atoms in total. The summed E-state index contributed by atoms with van der Waals surface area (Å²) in [6.45, 7) is 7.01. The molecule has 0 bridgehead atoms. The van der Waals surface area contributed by atoms with Crippen molar-refractivity contribution < 1.29 is 0 Å². The van der Waals surface area contributed by atoms with E-state index in [9.17, 15) is 0 Å². The summed E-state index contributed by atoms with van der Waals surface area (Å²) in [4.78, 5) is 0. The average Bonchev–Trinajstić information content (AvgIpc) is 2.17. The van der Waals surface area contributed by atoms with Gasteiger partial charge in [-0.1, -0.05) is 41.9 Å². The molecule has 2 heteroatoms. The molecule has 2 rings (SSSR count). The molecule has 0 saturated carbocycles. The van der Waals surface area contributed by atoms with Gasteiger partial charge in [-0.25, -0.2) is 0 Å². The lowest BCUT2D eigenvalue weighted by atomic mass is 9.71. The third-order valence-corrected chi connectivity index (χ3v) is 3.86. The fraction of sp³-hybridized carbons (Fsp3) is 0.571. The minimum atomic E-state index is 0.516. The van der Waals surface area contributed by atoms with Crippen LogP contribution in [0.3, 0.4) is 0 Å². The summed E-state index contributed by atoms with van der Waals surface area (Å²) in [6, 6.07) is 8.77. The zero-order chi connectivity index (χ0) is 11.6. The molecule has 1 aliphatic rings. The first kappa shape index (κ1) is 12.1.